The minimum atomic E-state index is -0.0389. The number of carbonyl (C=O) groups excluding carboxylic acids is 2. The Balaban J connectivity index is 1.93. The second-order valence-electron chi connectivity index (χ2n) is 4.38. The second-order valence-corrected chi connectivity index (χ2v) is 4.38. The van der Waals surface area contributed by atoms with Crippen LogP contribution in [-0.4, -0.2) is 17.2 Å². The molecule has 0 radical (unpaired) electrons. The lowest BCUT2D eigenvalue weighted by molar-refractivity contribution is -0.116. The highest BCUT2D eigenvalue weighted by Crippen LogP contribution is 2.16. The molecule has 1 heterocycles. The van der Waals surface area contributed by atoms with E-state index in [1.54, 1.807) is 6.20 Å². The van der Waals surface area contributed by atoms with Crippen molar-refractivity contribution in [2.24, 2.45) is 0 Å². The predicted molar refractivity (Wildman–Crippen MR) is 74.9 cm³/mol. The van der Waals surface area contributed by atoms with Crippen LogP contribution in [0.5, 0.6) is 0 Å². The Kier molecular flexibility index (Phi) is 4.61. The number of aldehydes is 1. The maximum atomic E-state index is 11.7. The molecule has 1 aromatic carbocycles. The van der Waals surface area contributed by atoms with Crippen LogP contribution in [-0.2, 0) is 9.59 Å². The van der Waals surface area contributed by atoms with Gasteiger partial charge in [-0.15, -0.1) is 0 Å². The van der Waals surface area contributed by atoms with E-state index in [-0.39, 0.29) is 5.91 Å². The van der Waals surface area contributed by atoms with E-state index < -0.39 is 0 Å². The summed E-state index contributed by atoms with van der Waals surface area (Å²) in [6.45, 7) is 0. The summed E-state index contributed by atoms with van der Waals surface area (Å²) in [6.07, 6.45) is 4.97. The smallest absolute Gasteiger partial charge is 0.224 e. The van der Waals surface area contributed by atoms with Crippen molar-refractivity contribution >= 4 is 28.8 Å². The SMILES string of the molecule is O=CCCCCC(=O)Nc1cnc2ccccc2c1. The number of hydrogen-bond acceptors (Lipinski definition) is 3. The fraction of sp³-hybridized carbons (Fsp3) is 0.267. The van der Waals surface area contributed by atoms with Crippen molar-refractivity contribution in [1.82, 2.24) is 4.98 Å². The molecule has 0 aliphatic heterocycles. The van der Waals surface area contributed by atoms with Gasteiger partial charge in [0, 0.05) is 18.2 Å². The number of unbranched alkanes of at least 4 members (excludes halogenated alkanes) is 2. The zero-order valence-electron chi connectivity index (χ0n) is 10.6. The first-order valence-electron chi connectivity index (χ1n) is 6.38. The quantitative estimate of drug-likeness (QED) is 0.638. The van der Waals surface area contributed by atoms with Gasteiger partial charge in [0.25, 0.3) is 0 Å². The van der Waals surface area contributed by atoms with E-state index in [2.05, 4.69) is 10.3 Å². The van der Waals surface area contributed by atoms with Crippen LogP contribution in [0, 0.1) is 0 Å². The third-order valence-corrected chi connectivity index (χ3v) is 2.85. The summed E-state index contributed by atoms with van der Waals surface area (Å²) < 4.78 is 0. The van der Waals surface area contributed by atoms with Crippen molar-refractivity contribution in [2.75, 3.05) is 5.32 Å². The van der Waals surface area contributed by atoms with Gasteiger partial charge in [-0.3, -0.25) is 9.78 Å². The molecule has 4 nitrogen and oxygen atoms in total. The fourth-order valence-electron chi connectivity index (χ4n) is 1.88. The van der Waals surface area contributed by atoms with E-state index in [0.29, 0.717) is 18.5 Å². The minimum Gasteiger partial charge on any atom is -0.325 e. The third kappa shape index (κ3) is 3.88. The lowest BCUT2D eigenvalue weighted by atomic mass is 10.2. The molecule has 2 rings (SSSR count). The van der Waals surface area contributed by atoms with Gasteiger partial charge in [0.2, 0.25) is 5.91 Å². The highest BCUT2D eigenvalue weighted by atomic mass is 16.1. The monoisotopic (exact) mass is 256 g/mol. The number of anilines is 1. The van der Waals surface area contributed by atoms with E-state index in [4.69, 9.17) is 0 Å². The number of aromatic nitrogens is 1. The Morgan fingerprint density at radius 1 is 1.26 bits per heavy atom. The normalized spacial score (nSPS) is 10.3. The average molecular weight is 256 g/mol. The molecule has 0 spiro atoms. The summed E-state index contributed by atoms with van der Waals surface area (Å²) >= 11 is 0. The van der Waals surface area contributed by atoms with E-state index in [1.807, 2.05) is 30.3 Å². The van der Waals surface area contributed by atoms with Crippen LogP contribution in [0.1, 0.15) is 25.7 Å². The number of nitrogens with one attached hydrogen (secondary N) is 1. The van der Waals surface area contributed by atoms with E-state index >= 15 is 0 Å². The van der Waals surface area contributed by atoms with Gasteiger partial charge >= 0.3 is 0 Å². The summed E-state index contributed by atoms with van der Waals surface area (Å²) in [5, 5.41) is 3.82. The van der Waals surface area contributed by atoms with Crippen LogP contribution in [0.4, 0.5) is 5.69 Å². The zero-order valence-corrected chi connectivity index (χ0v) is 10.6. The van der Waals surface area contributed by atoms with Crippen molar-refractivity contribution < 1.29 is 9.59 Å². The Morgan fingerprint density at radius 2 is 2.11 bits per heavy atom. The molecule has 1 aromatic heterocycles. The molecule has 19 heavy (non-hydrogen) atoms. The Bertz CT molecular complexity index is 581. The van der Waals surface area contributed by atoms with Crippen LogP contribution in [0.25, 0.3) is 10.9 Å². The van der Waals surface area contributed by atoms with Gasteiger partial charge in [0.05, 0.1) is 17.4 Å². The molecule has 0 saturated carbocycles. The van der Waals surface area contributed by atoms with E-state index in [0.717, 1.165) is 30.0 Å². The molecule has 0 atom stereocenters. The molecule has 0 bridgehead atoms. The number of para-hydroxylation sites is 1. The van der Waals surface area contributed by atoms with Gasteiger partial charge in [-0.2, -0.15) is 0 Å². The van der Waals surface area contributed by atoms with Crippen molar-refractivity contribution in [3.63, 3.8) is 0 Å². The molecule has 4 heteroatoms. The van der Waals surface area contributed by atoms with E-state index in [9.17, 15) is 9.59 Å². The third-order valence-electron chi connectivity index (χ3n) is 2.85. The number of amides is 1. The van der Waals surface area contributed by atoms with Gasteiger partial charge in [0.1, 0.15) is 6.29 Å². The maximum Gasteiger partial charge on any atom is 0.224 e. The summed E-state index contributed by atoms with van der Waals surface area (Å²) in [4.78, 5) is 26.1. The molecular formula is C15H16N2O2. The molecule has 0 aliphatic carbocycles. The van der Waals surface area contributed by atoms with Crippen LogP contribution in [0.2, 0.25) is 0 Å². The number of nitrogens with zero attached hydrogens (tertiary/aromatic N) is 1. The maximum absolute atomic E-state index is 11.7. The number of hydrogen-bond donors (Lipinski definition) is 1. The molecule has 0 saturated heterocycles. The minimum absolute atomic E-state index is 0.0389. The Labute approximate surface area is 111 Å². The Hall–Kier alpha value is -2.23. The van der Waals surface area contributed by atoms with Crippen molar-refractivity contribution in [3.8, 4) is 0 Å². The van der Waals surface area contributed by atoms with Gasteiger partial charge in [0.15, 0.2) is 0 Å². The first-order valence-corrected chi connectivity index (χ1v) is 6.38. The van der Waals surface area contributed by atoms with Gasteiger partial charge in [-0.05, 0) is 25.0 Å². The first kappa shape index (κ1) is 13.2. The molecule has 98 valence electrons. The molecule has 1 amide bonds. The molecule has 0 fully saturated rings. The molecule has 2 aromatic rings. The summed E-state index contributed by atoms with van der Waals surface area (Å²) in [6, 6.07) is 9.67. The lowest BCUT2D eigenvalue weighted by Gasteiger charge is -2.05. The second kappa shape index (κ2) is 6.64. The topological polar surface area (TPSA) is 59.1 Å². The van der Waals surface area contributed by atoms with Crippen LogP contribution < -0.4 is 5.32 Å². The zero-order chi connectivity index (χ0) is 13.5. The van der Waals surface area contributed by atoms with Crippen molar-refractivity contribution in [2.45, 2.75) is 25.7 Å². The van der Waals surface area contributed by atoms with Crippen molar-refractivity contribution in [1.29, 1.82) is 0 Å². The number of carbonyl (C=O) groups is 2. The van der Waals surface area contributed by atoms with Crippen LogP contribution in [0.3, 0.4) is 0 Å². The van der Waals surface area contributed by atoms with Crippen LogP contribution >= 0.6 is 0 Å². The fourth-order valence-corrected chi connectivity index (χ4v) is 1.88. The van der Waals surface area contributed by atoms with E-state index in [1.165, 1.54) is 0 Å². The van der Waals surface area contributed by atoms with Crippen LogP contribution in [0.15, 0.2) is 36.5 Å². The molecule has 0 unspecified atom stereocenters. The average Bonchev–Trinajstić information content (AvgIpc) is 2.43. The standard InChI is InChI=1S/C15H16N2O2/c18-9-5-1-2-8-15(19)17-13-10-12-6-3-4-7-14(12)16-11-13/h3-4,6-7,9-11H,1-2,5,8H2,(H,17,19). The summed E-state index contributed by atoms with van der Waals surface area (Å²) in [5.74, 6) is -0.0389. The molecule has 1 N–H and O–H groups in total. The first-order chi connectivity index (χ1) is 9.29. The highest BCUT2D eigenvalue weighted by molar-refractivity contribution is 5.93. The predicted octanol–water partition coefficient (Wildman–Crippen LogP) is 2.93. The van der Waals surface area contributed by atoms with Gasteiger partial charge in [-0.1, -0.05) is 18.2 Å². The van der Waals surface area contributed by atoms with Crippen molar-refractivity contribution in [3.05, 3.63) is 36.5 Å². The number of rotatable bonds is 6. The number of pyridine rings is 1. The largest absolute Gasteiger partial charge is 0.325 e. The molecule has 0 aliphatic rings. The van der Waals surface area contributed by atoms with Gasteiger partial charge < -0.3 is 10.1 Å². The lowest BCUT2D eigenvalue weighted by Crippen LogP contribution is -2.11. The molecular weight excluding hydrogens is 240 g/mol. The highest BCUT2D eigenvalue weighted by Gasteiger charge is 2.03. The van der Waals surface area contributed by atoms with Gasteiger partial charge in [-0.25, -0.2) is 0 Å². The Morgan fingerprint density at radius 3 is 2.95 bits per heavy atom. The number of benzene rings is 1. The summed E-state index contributed by atoms with van der Waals surface area (Å²) in [5.41, 5.74) is 1.62. The summed E-state index contributed by atoms with van der Waals surface area (Å²) in [7, 11) is 0. The number of fused-ring (bicyclic) bond motifs is 1.